The van der Waals surface area contributed by atoms with Gasteiger partial charge in [-0.2, -0.15) is 0 Å². The Kier molecular flexibility index (Phi) is 3.94. The first-order valence-electron chi connectivity index (χ1n) is 6.78. The first kappa shape index (κ1) is 13.8. The molecule has 2 aliphatic heterocycles. The third kappa shape index (κ3) is 2.53. The minimum atomic E-state index is -0.563. The average molecular weight is 255 g/mol. The van der Waals surface area contributed by atoms with Crippen molar-refractivity contribution in [3.63, 3.8) is 0 Å². The maximum atomic E-state index is 12.3. The zero-order chi connectivity index (χ0) is 13.3. The number of nitrogens with one attached hydrogen (secondary N) is 1. The number of hydrogen-bond donors (Lipinski definition) is 2. The van der Waals surface area contributed by atoms with Gasteiger partial charge in [-0.15, -0.1) is 0 Å². The van der Waals surface area contributed by atoms with Crippen molar-refractivity contribution >= 4 is 5.91 Å². The molecule has 4 unspecified atom stereocenters. The van der Waals surface area contributed by atoms with E-state index in [1.54, 1.807) is 0 Å². The van der Waals surface area contributed by atoms with Crippen LogP contribution in [0.25, 0.3) is 0 Å². The van der Waals surface area contributed by atoms with Crippen molar-refractivity contribution in [2.75, 3.05) is 26.8 Å². The highest BCUT2D eigenvalue weighted by atomic mass is 16.5. The Morgan fingerprint density at radius 2 is 2.28 bits per heavy atom. The average Bonchev–Trinajstić information content (AvgIpc) is 2.66. The van der Waals surface area contributed by atoms with Gasteiger partial charge in [0.2, 0.25) is 5.91 Å². The maximum Gasteiger partial charge on any atom is 0.230 e. The standard InChI is InChI=1S/C13H25N3O2/c1-9-6-10(4-5-16(9)3)15-12(17)13(2)8-18-7-11(13)14/h9-11H,4-8,14H2,1-3H3,(H,15,17). The molecule has 0 aromatic heterocycles. The van der Waals surface area contributed by atoms with E-state index in [0.717, 1.165) is 19.4 Å². The minimum Gasteiger partial charge on any atom is -0.379 e. The lowest BCUT2D eigenvalue weighted by Crippen LogP contribution is -2.55. The Balaban J connectivity index is 1.92. The van der Waals surface area contributed by atoms with Crippen LogP contribution in [0.15, 0.2) is 0 Å². The molecule has 5 heteroatoms. The van der Waals surface area contributed by atoms with E-state index in [1.807, 2.05) is 6.92 Å². The van der Waals surface area contributed by atoms with Gasteiger partial charge < -0.3 is 20.7 Å². The smallest absolute Gasteiger partial charge is 0.230 e. The van der Waals surface area contributed by atoms with E-state index in [4.69, 9.17) is 10.5 Å². The van der Waals surface area contributed by atoms with Crippen molar-refractivity contribution in [2.45, 2.75) is 44.8 Å². The molecule has 2 rings (SSSR count). The van der Waals surface area contributed by atoms with Gasteiger partial charge in [-0.05, 0) is 33.7 Å². The normalized spacial score (nSPS) is 41.9. The number of rotatable bonds is 2. The van der Waals surface area contributed by atoms with Gasteiger partial charge in [0, 0.05) is 24.7 Å². The number of hydrogen-bond acceptors (Lipinski definition) is 4. The summed E-state index contributed by atoms with van der Waals surface area (Å²) < 4.78 is 5.33. The van der Waals surface area contributed by atoms with Gasteiger partial charge in [-0.25, -0.2) is 0 Å². The molecule has 2 fully saturated rings. The van der Waals surface area contributed by atoms with E-state index in [1.165, 1.54) is 0 Å². The van der Waals surface area contributed by atoms with Crippen LogP contribution in [0, 0.1) is 5.41 Å². The fraction of sp³-hybridized carbons (Fsp3) is 0.923. The summed E-state index contributed by atoms with van der Waals surface area (Å²) in [6, 6.07) is 0.597. The first-order valence-corrected chi connectivity index (χ1v) is 6.78. The van der Waals surface area contributed by atoms with Crippen LogP contribution in [-0.2, 0) is 9.53 Å². The summed E-state index contributed by atoms with van der Waals surface area (Å²) in [7, 11) is 2.13. The quantitative estimate of drug-likeness (QED) is 0.726. The van der Waals surface area contributed by atoms with Crippen LogP contribution in [-0.4, -0.2) is 55.7 Å². The van der Waals surface area contributed by atoms with Crippen molar-refractivity contribution in [1.29, 1.82) is 0 Å². The molecule has 2 heterocycles. The molecular weight excluding hydrogens is 230 g/mol. The Bertz CT molecular complexity index is 323. The van der Waals surface area contributed by atoms with Gasteiger partial charge in [0.15, 0.2) is 0 Å². The second kappa shape index (κ2) is 5.15. The highest BCUT2D eigenvalue weighted by molar-refractivity contribution is 5.83. The zero-order valence-corrected chi connectivity index (χ0v) is 11.6. The van der Waals surface area contributed by atoms with Crippen LogP contribution in [0.2, 0.25) is 0 Å². The molecule has 4 atom stereocenters. The van der Waals surface area contributed by atoms with Gasteiger partial charge in [0.05, 0.1) is 18.6 Å². The Morgan fingerprint density at radius 3 is 2.83 bits per heavy atom. The summed E-state index contributed by atoms with van der Waals surface area (Å²) in [4.78, 5) is 14.7. The third-order valence-corrected chi connectivity index (χ3v) is 4.58. The largest absolute Gasteiger partial charge is 0.379 e. The summed E-state index contributed by atoms with van der Waals surface area (Å²) in [6.07, 6.45) is 2.02. The minimum absolute atomic E-state index is 0.0502. The van der Waals surface area contributed by atoms with Crippen molar-refractivity contribution in [3.8, 4) is 0 Å². The maximum absolute atomic E-state index is 12.3. The number of amides is 1. The van der Waals surface area contributed by atoms with E-state index in [-0.39, 0.29) is 18.0 Å². The number of carbonyl (C=O) groups is 1. The van der Waals surface area contributed by atoms with Gasteiger partial charge in [-0.1, -0.05) is 0 Å². The predicted molar refractivity (Wildman–Crippen MR) is 70.2 cm³/mol. The third-order valence-electron chi connectivity index (χ3n) is 4.58. The number of carbonyl (C=O) groups excluding carboxylic acids is 1. The summed E-state index contributed by atoms with van der Waals surface area (Å²) in [5.74, 6) is 0.0502. The molecule has 1 amide bonds. The van der Waals surface area contributed by atoms with E-state index >= 15 is 0 Å². The van der Waals surface area contributed by atoms with E-state index in [0.29, 0.717) is 19.3 Å². The lowest BCUT2D eigenvalue weighted by atomic mass is 9.84. The Labute approximate surface area is 109 Å². The molecule has 0 spiro atoms. The lowest BCUT2D eigenvalue weighted by molar-refractivity contribution is -0.131. The van der Waals surface area contributed by atoms with Crippen LogP contribution in [0.1, 0.15) is 26.7 Å². The van der Waals surface area contributed by atoms with Crippen molar-refractivity contribution in [1.82, 2.24) is 10.2 Å². The fourth-order valence-corrected chi connectivity index (χ4v) is 2.69. The highest BCUT2D eigenvalue weighted by Crippen LogP contribution is 2.28. The Hall–Kier alpha value is -0.650. The predicted octanol–water partition coefficient (Wildman–Crippen LogP) is -0.0509. The van der Waals surface area contributed by atoms with E-state index in [2.05, 4.69) is 24.2 Å². The molecule has 5 nitrogen and oxygen atoms in total. The molecule has 18 heavy (non-hydrogen) atoms. The molecule has 2 saturated heterocycles. The molecule has 0 radical (unpaired) electrons. The van der Waals surface area contributed by atoms with Gasteiger partial charge in [-0.3, -0.25) is 4.79 Å². The SMILES string of the molecule is CC1CC(NC(=O)C2(C)COCC2N)CCN1C. The van der Waals surface area contributed by atoms with Crippen LogP contribution < -0.4 is 11.1 Å². The van der Waals surface area contributed by atoms with Crippen LogP contribution in [0.4, 0.5) is 0 Å². The lowest BCUT2D eigenvalue weighted by Gasteiger charge is -2.37. The number of nitrogens with two attached hydrogens (primary N) is 1. The summed E-state index contributed by atoms with van der Waals surface area (Å²) in [5.41, 5.74) is 5.41. The number of piperidine rings is 1. The second-order valence-electron chi connectivity index (χ2n) is 6.06. The summed E-state index contributed by atoms with van der Waals surface area (Å²) in [5, 5.41) is 3.16. The molecule has 0 aromatic rings. The van der Waals surface area contributed by atoms with Crippen molar-refractivity contribution in [2.24, 2.45) is 11.1 Å². The fourth-order valence-electron chi connectivity index (χ4n) is 2.69. The first-order chi connectivity index (χ1) is 8.43. The topological polar surface area (TPSA) is 67.6 Å². The molecule has 2 aliphatic rings. The number of ether oxygens (including phenoxy) is 1. The van der Waals surface area contributed by atoms with E-state index < -0.39 is 5.41 Å². The molecule has 0 saturated carbocycles. The van der Waals surface area contributed by atoms with Gasteiger partial charge >= 0.3 is 0 Å². The highest BCUT2D eigenvalue weighted by Gasteiger charge is 2.45. The van der Waals surface area contributed by atoms with Gasteiger partial charge in [0.25, 0.3) is 0 Å². The number of nitrogens with zero attached hydrogens (tertiary/aromatic N) is 1. The molecule has 3 N–H and O–H groups in total. The van der Waals surface area contributed by atoms with E-state index in [9.17, 15) is 4.79 Å². The molecule has 0 aromatic carbocycles. The summed E-state index contributed by atoms with van der Waals surface area (Å²) in [6.45, 7) is 6.05. The van der Waals surface area contributed by atoms with Crippen LogP contribution in [0.5, 0.6) is 0 Å². The Morgan fingerprint density at radius 1 is 1.56 bits per heavy atom. The molecular formula is C13H25N3O2. The van der Waals surface area contributed by atoms with Crippen LogP contribution >= 0.6 is 0 Å². The van der Waals surface area contributed by atoms with Crippen molar-refractivity contribution < 1.29 is 9.53 Å². The molecule has 0 aliphatic carbocycles. The van der Waals surface area contributed by atoms with Crippen molar-refractivity contribution in [3.05, 3.63) is 0 Å². The summed E-state index contributed by atoms with van der Waals surface area (Å²) >= 11 is 0. The zero-order valence-electron chi connectivity index (χ0n) is 11.6. The van der Waals surface area contributed by atoms with Gasteiger partial charge in [0.1, 0.15) is 0 Å². The monoisotopic (exact) mass is 255 g/mol. The molecule has 0 bridgehead atoms. The van der Waals surface area contributed by atoms with Crippen LogP contribution in [0.3, 0.4) is 0 Å². The molecule has 104 valence electrons. The number of likely N-dealkylation sites (tertiary alicyclic amines) is 1. The second-order valence-corrected chi connectivity index (χ2v) is 6.06.